The second kappa shape index (κ2) is 5.34. The first-order valence-corrected chi connectivity index (χ1v) is 4.66. The summed E-state index contributed by atoms with van der Waals surface area (Å²) in [5, 5.41) is 11.3. The van der Waals surface area contributed by atoms with Crippen molar-refractivity contribution in [2.24, 2.45) is 0 Å². The minimum Gasteiger partial charge on any atom is -0.481 e. The van der Waals surface area contributed by atoms with Crippen LogP contribution in [0.4, 0.5) is 0 Å². The maximum absolute atomic E-state index is 10.2. The van der Waals surface area contributed by atoms with Crippen LogP contribution in [0.3, 0.4) is 0 Å². The predicted molar refractivity (Wildman–Crippen MR) is 58.4 cm³/mol. The van der Waals surface area contributed by atoms with Gasteiger partial charge in [-0.05, 0) is 0 Å². The van der Waals surface area contributed by atoms with Crippen LogP contribution in [0, 0.1) is 0 Å². The zero-order chi connectivity index (χ0) is 10.4. The van der Waals surface area contributed by atoms with Crippen molar-refractivity contribution in [3.8, 4) is 0 Å². The summed E-state index contributed by atoms with van der Waals surface area (Å²) >= 11 is 5.07. The summed E-state index contributed by atoms with van der Waals surface area (Å²) < 4.78 is 0. The third-order valence-corrected chi connectivity index (χ3v) is 2.04. The number of carboxylic acid groups (broad SMARTS) is 1. The molecule has 0 saturated heterocycles. The zero-order valence-electron chi connectivity index (χ0n) is 7.56. The number of aliphatic carboxylic acids is 1. The lowest BCUT2D eigenvalue weighted by Gasteiger charge is -2.05. The van der Waals surface area contributed by atoms with Gasteiger partial charge in [0.15, 0.2) is 0 Å². The first kappa shape index (κ1) is 10.7. The second-order valence-electron chi connectivity index (χ2n) is 2.77. The van der Waals surface area contributed by atoms with Gasteiger partial charge in [0.1, 0.15) is 4.99 Å². The molecule has 0 aromatic heterocycles. The molecular formula is C10H11NO2S. The highest BCUT2D eigenvalue weighted by Gasteiger charge is 2.00. The Labute approximate surface area is 87.8 Å². The molecular weight excluding hydrogens is 198 g/mol. The Morgan fingerprint density at radius 1 is 1.36 bits per heavy atom. The number of thiocarbonyl (C=S) groups is 1. The van der Waals surface area contributed by atoms with Crippen molar-refractivity contribution in [3.05, 3.63) is 35.9 Å². The van der Waals surface area contributed by atoms with Crippen molar-refractivity contribution >= 4 is 23.2 Å². The fourth-order valence-corrected chi connectivity index (χ4v) is 1.21. The molecule has 4 heteroatoms. The third kappa shape index (κ3) is 3.53. The average molecular weight is 209 g/mol. The SMILES string of the molecule is O=C(O)CCNC(=S)c1ccccc1. The Bertz CT molecular complexity index is 324. The van der Waals surface area contributed by atoms with Crippen LogP contribution in [0.2, 0.25) is 0 Å². The van der Waals surface area contributed by atoms with Gasteiger partial charge in [0.05, 0.1) is 6.42 Å². The Morgan fingerprint density at radius 2 is 2.00 bits per heavy atom. The van der Waals surface area contributed by atoms with Crippen LogP contribution in [-0.2, 0) is 4.79 Å². The molecule has 74 valence electrons. The van der Waals surface area contributed by atoms with Crippen molar-refractivity contribution in [3.63, 3.8) is 0 Å². The van der Waals surface area contributed by atoms with Gasteiger partial charge in [-0.2, -0.15) is 0 Å². The average Bonchev–Trinajstić information content (AvgIpc) is 2.18. The number of hydrogen-bond donors (Lipinski definition) is 2. The van der Waals surface area contributed by atoms with Crippen molar-refractivity contribution in [2.45, 2.75) is 6.42 Å². The van der Waals surface area contributed by atoms with Crippen molar-refractivity contribution < 1.29 is 9.90 Å². The Hall–Kier alpha value is -1.42. The van der Waals surface area contributed by atoms with Crippen LogP contribution >= 0.6 is 12.2 Å². The number of carbonyl (C=O) groups is 1. The fraction of sp³-hybridized carbons (Fsp3) is 0.200. The summed E-state index contributed by atoms with van der Waals surface area (Å²) in [5.74, 6) is -0.826. The molecule has 2 N–H and O–H groups in total. The summed E-state index contributed by atoms with van der Waals surface area (Å²) in [7, 11) is 0. The molecule has 0 unspecified atom stereocenters. The molecule has 1 aromatic rings. The van der Waals surface area contributed by atoms with E-state index in [1.807, 2.05) is 30.3 Å². The van der Waals surface area contributed by atoms with Gasteiger partial charge in [0.25, 0.3) is 0 Å². The monoisotopic (exact) mass is 209 g/mol. The normalized spacial score (nSPS) is 9.43. The summed E-state index contributed by atoms with van der Waals surface area (Å²) in [4.78, 5) is 10.8. The summed E-state index contributed by atoms with van der Waals surface area (Å²) in [6.07, 6.45) is 0.0764. The Morgan fingerprint density at radius 3 is 2.57 bits per heavy atom. The number of rotatable bonds is 4. The van der Waals surface area contributed by atoms with Gasteiger partial charge in [-0.3, -0.25) is 4.79 Å². The van der Waals surface area contributed by atoms with E-state index in [1.165, 1.54) is 0 Å². The Kier molecular flexibility index (Phi) is 4.07. The molecule has 0 atom stereocenters. The van der Waals surface area contributed by atoms with Gasteiger partial charge < -0.3 is 10.4 Å². The van der Waals surface area contributed by atoms with Crippen LogP contribution in [0.15, 0.2) is 30.3 Å². The molecule has 0 aliphatic heterocycles. The maximum Gasteiger partial charge on any atom is 0.305 e. The number of nitrogens with one attached hydrogen (secondary N) is 1. The van der Waals surface area contributed by atoms with Crippen LogP contribution in [0.1, 0.15) is 12.0 Å². The van der Waals surface area contributed by atoms with Crippen LogP contribution in [0.5, 0.6) is 0 Å². The smallest absolute Gasteiger partial charge is 0.305 e. The summed E-state index contributed by atoms with van der Waals surface area (Å²) in [6.45, 7) is 0.364. The third-order valence-electron chi connectivity index (χ3n) is 1.66. The van der Waals surface area contributed by atoms with Crippen LogP contribution in [-0.4, -0.2) is 22.6 Å². The molecule has 1 rings (SSSR count). The Balaban J connectivity index is 2.40. The van der Waals surface area contributed by atoms with Gasteiger partial charge >= 0.3 is 5.97 Å². The molecule has 0 saturated carbocycles. The topological polar surface area (TPSA) is 49.3 Å². The number of hydrogen-bond acceptors (Lipinski definition) is 2. The first-order valence-electron chi connectivity index (χ1n) is 4.25. The second-order valence-corrected chi connectivity index (χ2v) is 3.17. The highest BCUT2D eigenvalue weighted by atomic mass is 32.1. The van der Waals surface area contributed by atoms with E-state index in [-0.39, 0.29) is 6.42 Å². The maximum atomic E-state index is 10.2. The zero-order valence-corrected chi connectivity index (χ0v) is 8.38. The van der Waals surface area contributed by atoms with Crippen molar-refractivity contribution in [1.82, 2.24) is 5.32 Å². The van der Waals surface area contributed by atoms with E-state index in [2.05, 4.69) is 5.32 Å². The fourth-order valence-electron chi connectivity index (χ4n) is 0.975. The van der Waals surface area contributed by atoms with Gasteiger partial charge in [0.2, 0.25) is 0 Å². The van der Waals surface area contributed by atoms with E-state index in [1.54, 1.807) is 0 Å². The van der Waals surface area contributed by atoms with Gasteiger partial charge in [-0.15, -0.1) is 0 Å². The van der Waals surface area contributed by atoms with E-state index in [0.29, 0.717) is 11.5 Å². The molecule has 0 amide bonds. The molecule has 0 aliphatic carbocycles. The number of benzene rings is 1. The minimum atomic E-state index is -0.826. The van der Waals surface area contributed by atoms with Crippen LogP contribution < -0.4 is 5.32 Å². The van der Waals surface area contributed by atoms with Gasteiger partial charge in [-0.25, -0.2) is 0 Å². The molecule has 0 fully saturated rings. The predicted octanol–water partition coefficient (Wildman–Crippen LogP) is 1.43. The van der Waals surface area contributed by atoms with Crippen molar-refractivity contribution in [2.75, 3.05) is 6.54 Å². The molecule has 1 aromatic carbocycles. The summed E-state index contributed by atoms with van der Waals surface area (Å²) in [5.41, 5.74) is 0.910. The summed E-state index contributed by atoms with van der Waals surface area (Å²) in [6, 6.07) is 9.45. The first-order chi connectivity index (χ1) is 6.70. The van der Waals surface area contributed by atoms with E-state index in [4.69, 9.17) is 17.3 Å². The highest BCUT2D eigenvalue weighted by Crippen LogP contribution is 1.98. The minimum absolute atomic E-state index is 0.0764. The molecule has 14 heavy (non-hydrogen) atoms. The van der Waals surface area contributed by atoms with Gasteiger partial charge in [0, 0.05) is 12.1 Å². The quantitative estimate of drug-likeness (QED) is 0.736. The van der Waals surface area contributed by atoms with Crippen LogP contribution in [0.25, 0.3) is 0 Å². The molecule has 0 spiro atoms. The lowest BCUT2D eigenvalue weighted by molar-refractivity contribution is -0.136. The molecule has 3 nitrogen and oxygen atoms in total. The molecule has 0 bridgehead atoms. The molecule has 0 heterocycles. The highest BCUT2D eigenvalue weighted by molar-refractivity contribution is 7.80. The number of carboxylic acids is 1. The molecule has 0 aliphatic rings. The van der Waals surface area contributed by atoms with E-state index >= 15 is 0 Å². The van der Waals surface area contributed by atoms with Crippen molar-refractivity contribution in [1.29, 1.82) is 0 Å². The van der Waals surface area contributed by atoms with Gasteiger partial charge in [-0.1, -0.05) is 42.5 Å². The van der Waals surface area contributed by atoms with E-state index < -0.39 is 5.97 Å². The van der Waals surface area contributed by atoms with E-state index in [0.717, 1.165) is 5.56 Å². The lowest BCUT2D eigenvalue weighted by Crippen LogP contribution is -2.24. The largest absolute Gasteiger partial charge is 0.481 e. The molecule has 0 radical (unpaired) electrons. The lowest BCUT2D eigenvalue weighted by atomic mass is 10.2. The van der Waals surface area contributed by atoms with E-state index in [9.17, 15) is 4.79 Å². The standard InChI is InChI=1S/C10H11NO2S/c12-9(13)6-7-11-10(14)8-4-2-1-3-5-8/h1-5H,6-7H2,(H,11,14)(H,12,13).